The quantitative estimate of drug-likeness (QED) is 0.663. The van der Waals surface area contributed by atoms with Gasteiger partial charge in [0.1, 0.15) is 5.60 Å². The van der Waals surface area contributed by atoms with Crippen molar-refractivity contribution in [3.05, 3.63) is 28.3 Å². The van der Waals surface area contributed by atoms with Crippen LogP contribution in [0.4, 0.5) is 10.5 Å². The predicted molar refractivity (Wildman–Crippen MR) is 122 cm³/mol. The summed E-state index contributed by atoms with van der Waals surface area (Å²) in [6.07, 6.45) is -0.273. The minimum Gasteiger partial charge on any atom is -0.444 e. The van der Waals surface area contributed by atoms with Gasteiger partial charge in [0.05, 0.1) is 6.04 Å². The summed E-state index contributed by atoms with van der Waals surface area (Å²) in [6.45, 7) is 17.9. The molecular formula is C23H36ClN3O3. The molecule has 2 rings (SSSR count). The molecule has 0 aromatic heterocycles. The van der Waals surface area contributed by atoms with Gasteiger partial charge < -0.3 is 19.4 Å². The Morgan fingerprint density at radius 1 is 1.10 bits per heavy atom. The van der Waals surface area contributed by atoms with Crippen LogP contribution < -0.4 is 4.90 Å². The van der Waals surface area contributed by atoms with Crippen molar-refractivity contribution >= 4 is 29.3 Å². The van der Waals surface area contributed by atoms with Gasteiger partial charge in [0.25, 0.3) is 0 Å². The lowest BCUT2D eigenvalue weighted by molar-refractivity contribution is -0.132. The Labute approximate surface area is 186 Å². The topological polar surface area (TPSA) is 53.1 Å². The largest absolute Gasteiger partial charge is 0.444 e. The molecule has 1 saturated heterocycles. The van der Waals surface area contributed by atoms with Crippen molar-refractivity contribution in [1.29, 1.82) is 0 Å². The summed E-state index contributed by atoms with van der Waals surface area (Å²) >= 11 is 6.47. The first kappa shape index (κ1) is 24.3. The number of carbonyl (C=O) groups excluding carboxylic acids is 2. The maximum absolute atomic E-state index is 12.4. The van der Waals surface area contributed by atoms with Crippen LogP contribution in [0.15, 0.2) is 12.1 Å². The highest BCUT2D eigenvalue weighted by Crippen LogP contribution is 2.36. The minimum absolute atomic E-state index is 0.0369. The van der Waals surface area contributed by atoms with Crippen molar-refractivity contribution in [2.24, 2.45) is 0 Å². The Morgan fingerprint density at radius 2 is 1.67 bits per heavy atom. The predicted octanol–water partition coefficient (Wildman–Crippen LogP) is 5.02. The van der Waals surface area contributed by atoms with E-state index in [0.29, 0.717) is 31.2 Å². The molecule has 0 radical (unpaired) electrons. The number of ether oxygens (including phenoxy) is 1. The fourth-order valence-electron chi connectivity index (χ4n) is 3.98. The van der Waals surface area contributed by atoms with Crippen LogP contribution in [0.2, 0.25) is 5.02 Å². The maximum Gasteiger partial charge on any atom is 0.410 e. The Balaban J connectivity index is 2.27. The highest BCUT2D eigenvalue weighted by Gasteiger charge is 2.29. The molecule has 1 unspecified atom stereocenters. The molecule has 0 N–H and O–H groups in total. The number of aryl methyl sites for hydroxylation is 1. The van der Waals surface area contributed by atoms with Crippen molar-refractivity contribution in [2.45, 2.75) is 73.1 Å². The standard InChI is InChI=1S/C23H36ClN3O3/c1-15(2)27(18(5)28)17(4)19-14-20(24)16(3)13-21(19)25-9-11-26(12-10-25)22(29)30-23(6,7)8/h13-15,17H,9-12H2,1-8H3. The molecule has 0 spiro atoms. The summed E-state index contributed by atoms with van der Waals surface area (Å²) in [6, 6.07) is 4.04. The lowest BCUT2D eigenvalue weighted by atomic mass is 9.99. The summed E-state index contributed by atoms with van der Waals surface area (Å²) in [5, 5.41) is 0.695. The molecule has 7 heteroatoms. The number of hydrogen-bond acceptors (Lipinski definition) is 4. The third-order valence-electron chi connectivity index (χ3n) is 5.37. The van der Waals surface area contributed by atoms with E-state index in [1.807, 2.05) is 59.4 Å². The van der Waals surface area contributed by atoms with E-state index in [1.165, 1.54) is 0 Å². The molecule has 2 amide bonds. The van der Waals surface area contributed by atoms with Gasteiger partial charge in [-0.15, -0.1) is 0 Å². The first-order valence-electron chi connectivity index (χ1n) is 10.6. The Bertz CT molecular complexity index is 781. The SMILES string of the molecule is CC(=O)N(C(C)C)C(C)c1cc(Cl)c(C)cc1N1CCN(C(=O)OC(C)(C)C)CC1. The Kier molecular flexibility index (Phi) is 7.67. The molecule has 1 heterocycles. The van der Waals surface area contributed by atoms with Gasteiger partial charge in [0, 0.05) is 49.9 Å². The van der Waals surface area contributed by atoms with Gasteiger partial charge in [-0.05, 0) is 71.7 Å². The molecule has 6 nitrogen and oxygen atoms in total. The summed E-state index contributed by atoms with van der Waals surface area (Å²) < 4.78 is 5.51. The Hall–Kier alpha value is -1.95. The van der Waals surface area contributed by atoms with E-state index < -0.39 is 5.60 Å². The smallest absolute Gasteiger partial charge is 0.410 e. The molecule has 1 aliphatic heterocycles. The molecule has 1 aromatic rings. The van der Waals surface area contributed by atoms with Crippen molar-refractivity contribution in [2.75, 3.05) is 31.1 Å². The summed E-state index contributed by atoms with van der Waals surface area (Å²) in [5.74, 6) is 0.0369. The highest BCUT2D eigenvalue weighted by atomic mass is 35.5. The molecule has 1 atom stereocenters. The number of rotatable bonds is 4. The number of benzene rings is 1. The number of nitrogens with zero attached hydrogens (tertiary/aromatic N) is 3. The van der Waals surface area contributed by atoms with E-state index >= 15 is 0 Å². The van der Waals surface area contributed by atoms with E-state index in [2.05, 4.69) is 11.0 Å². The Morgan fingerprint density at radius 3 is 2.13 bits per heavy atom. The summed E-state index contributed by atoms with van der Waals surface area (Å²) in [4.78, 5) is 30.6. The zero-order chi connectivity index (χ0) is 22.8. The van der Waals surface area contributed by atoms with Crippen molar-refractivity contribution in [1.82, 2.24) is 9.80 Å². The number of piperazine rings is 1. The number of amides is 2. The van der Waals surface area contributed by atoms with Crippen LogP contribution in [0.1, 0.15) is 65.6 Å². The molecule has 0 saturated carbocycles. The third kappa shape index (κ3) is 5.81. The highest BCUT2D eigenvalue weighted by molar-refractivity contribution is 6.31. The van der Waals surface area contributed by atoms with Crippen LogP contribution in [0.3, 0.4) is 0 Å². The van der Waals surface area contributed by atoms with E-state index in [0.717, 1.165) is 16.8 Å². The van der Waals surface area contributed by atoms with Gasteiger partial charge in [-0.1, -0.05) is 11.6 Å². The van der Waals surface area contributed by atoms with Gasteiger partial charge in [0.15, 0.2) is 0 Å². The minimum atomic E-state index is -0.503. The van der Waals surface area contributed by atoms with Crippen LogP contribution >= 0.6 is 11.6 Å². The van der Waals surface area contributed by atoms with E-state index in [9.17, 15) is 9.59 Å². The zero-order valence-electron chi connectivity index (χ0n) is 19.6. The van der Waals surface area contributed by atoms with E-state index in [1.54, 1.807) is 11.8 Å². The van der Waals surface area contributed by atoms with Gasteiger partial charge in [-0.25, -0.2) is 4.79 Å². The van der Waals surface area contributed by atoms with Crippen molar-refractivity contribution in [3.63, 3.8) is 0 Å². The van der Waals surface area contributed by atoms with Gasteiger partial charge in [-0.2, -0.15) is 0 Å². The molecule has 0 bridgehead atoms. The summed E-state index contributed by atoms with van der Waals surface area (Å²) in [7, 11) is 0. The molecule has 1 aromatic carbocycles. The van der Waals surface area contributed by atoms with Gasteiger partial charge >= 0.3 is 6.09 Å². The number of anilines is 1. The normalized spacial score (nSPS) is 15.9. The van der Waals surface area contributed by atoms with Gasteiger partial charge in [-0.3, -0.25) is 4.79 Å². The first-order chi connectivity index (χ1) is 13.8. The lowest BCUT2D eigenvalue weighted by Crippen LogP contribution is -2.50. The van der Waals surface area contributed by atoms with Gasteiger partial charge in [0.2, 0.25) is 5.91 Å². The summed E-state index contributed by atoms with van der Waals surface area (Å²) in [5.41, 5.74) is 2.59. The molecule has 0 aliphatic carbocycles. The van der Waals surface area contributed by atoms with Crippen LogP contribution in [0.5, 0.6) is 0 Å². The average molecular weight is 438 g/mol. The first-order valence-corrected chi connectivity index (χ1v) is 11.0. The second-order valence-corrected chi connectivity index (χ2v) is 9.72. The molecule has 1 fully saturated rings. The number of carbonyl (C=O) groups is 2. The lowest BCUT2D eigenvalue weighted by Gasteiger charge is -2.40. The van der Waals surface area contributed by atoms with Crippen molar-refractivity contribution in [3.8, 4) is 0 Å². The number of hydrogen-bond donors (Lipinski definition) is 0. The molecule has 1 aliphatic rings. The van der Waals surface area contributed by atoms with Crippen LogP contribution in [0.25, 0.3) is 0 Å². The molecule has 30 heavy (non-hydrogen) atoms. The fourth-order valence-corrected chi connectivity index (χ4v) is 4.15. The van der Waals surface area contributed by atoms with E-state index in [4.69, 9.17) is 16.3 Å². The van der Waals surface area contributed by atoms with Crippen LogP contribution in [0, 0.1) is 6.92 Å². The monoisotopic (exact) mass is 437 g/mol. The molecule has 168 valence electrons. The second kappa shape index (κ2) is 9.46. The second-order valence-electron chi connectivity index (χ2n) is 9.31. The number of halogens is 1. The maximum atomic E-state index is 12.4. The van der Waals surface area contributed by atoms with Crippen molar-refractivity contribution < 1.29 is 14.3 Å². The van der Waals surface area contributed by atoms with Crippen LogP contribution in [-0.2, 0) is 9.53 Å². The average Bonchev–Trinajstić information content (AvgIpc) is 2.61. The molecular weight excluding hydrogens is 402 g/mol. The third-order valence-corrected chi connectivity index (χ3v) is 5.77. The van der Waals surface area contributed by atoms with Crippen LogP contribution in [-0.4, -0.2) is 59.6 Å². The fraction of sp³-hybridized carbons (Fsp3) is 0.652. The zero-order valence-corrected chi connectivity index (χ0v) is 20.3. The van der Waals surface area contributed by atoms with E-state index in [-0.39, 0.29) is 24.1 Å².